The number of methoxy groups -OCH3 is 1. The van der Waals surface area contributed by atoms with Crippen LogP contribution < -0.4 is 4.74 Å². The summed E-state index contributed by atoms with van der Waals surface area (Å²) in [7, 11) is 1.64. The molecule has 0 aliphatic rings. The van der Waals surface area contributed by atoms with Crippen molar-refractivity contribution in [3.8, 4) is 5.88 Å². The van der Waals surface area contributed by atoms with Crippen molar-refractivity contribution in [1.29, 1.82) is 0 Å². The van der Waals surface area contributed by atoms with E-state index < -0.39 is 0 Å². The normalized spacial score (nSPS) is 13.8. The molecule has 0 N–H and O–H groups in total. The summed E-state index contributed by atoms with van der Waals surface area (Å²) in [6.07, 6.45) is 16.6. The van der Waals surface area contributed by atoms with E-state index in [1.165, 1.54) is 64.2 Å². The van der Waals surface area contributed by atoms with E-state index in [1.54, 1.807) is 13.3 Å². The van der Waals surface area contributed by atoms with E-state index in [0.717, 1.165) is 5.69 Å². The van der Waals surface area contributed by atoms with Gasteiger partial charge in [-0.1, -0.05) is 72.1 Å². The van der Waals surface area contributed by atoms with Crippen LogP contribution in [0.4, 0.5) is 0 Å². The maximum Gasteiger partial charge on any atom is 0.231 e. The Kier molecular flexibility index (Phi) is 9.10. The maximum absolute atomic E-state index is 5.13. The highest BCUT2D eigenvalue weighted by Gasteiger charge is 2.27. The van der Waals surface area contributed by atoms with Crippen LogP contribution in [0.3, 0.4) is 0 Å². The van der Waals surface area contributed by atoms with Crippen molar-refractivity contribution in [2.45, 2.75) is 90.4 Å². The predicted octanol–water partition coefficient (Wildman–Crippen LogP) is 5.68. The minimum Gasteiger partial charge on any atom is -0.480 e. The summed E-state index contributed by atoms with van der Waals surface area (Å²) in [5.41, 5.74) is 1.28. The van der Waals surface area contributed by atoms with Crippen molar-refractivity contribution >= 4 is 0 Å². The molecule has 0 radical (unpaired) electrons. The lowest BCUT2D eigenvalue weighted by atomic mass is 9.77. The van der Waals surface area contributed by atoms with Gasteiger partial charge in [0.25, 0.3) is 0 Å². The second kappa shape index (κ2) is 10.6. The van der Waals surface area contributed by atoms with Gasteiger partial charge in [-0.25, -0.2) is 4.98 Å². The fourth-order valence-corrected chi connectivity index (χ4v) is 3.00. The second-order valence-electron chi connectivity index (χ2n) is 6.63. The van der Waals surface area contributed by atoms with Crippen LogP contribution in [-0.4, -0.2) is 17.1 Å². The first-order chi connectivity index (χ1) is 10.7. The minimum atomic E-state index is 0.153. The molecule has 0 bridgehead atoms. The third-order valence-electron chi connectivity index (χ3n) is 4.62. The number of nitrogens with zero attached hydrogens (tertiary/aromatic N) is 2. The second-order valence-corrected chi connectivity index (χ2v) is 6.63. The lowest BCUT2D eigenvalue weighted by Gasteiger charge is -2.29. The highest BCUT2D eigenvalue weighted by molar-refractivity contribution is 5.15. The van der Waals surface area contributed by atoms with Crippen molar-refractivity contribution in [3.05, 3.63) is 18.1 Å². The van der Waals surface area contributed by atoms with Crippen LogP contribution in [0.2, 0.25) is 0 Å². The van der Waals surface area contributed by atoms with Gasteiger partial charge < -0.3 is 4.74 Å². The molecule has 1 unspecified atom stereocenters. The Morgan fingerprint density at radius 3 is 2.00 bits per heavy atom. The van der Waals surface area contributed by atoms with Gasteiger partial charge >= 0.3 is 0 Å². The summed E-state index contributed by atoms with van der Waals surface area (Å²) in [5.74, 6) is 0.600. The summed E-state index contributed by atoms with van der Waals surface area (Å²) in [5, 5.41) is 0. The molecule has 0 aliphatic heterocycles. The smallest absolute Gasteiger partial charge is 0.231 e. The van der Waals surface area contributed by atoms with Crippen molar-refractivity contribution in [2.75, 3.05) is 7.11 Å². The van der Waals surface area contributed by atoms with Gasteiger partial charge in [-0.05, 0) is 12.8 Å². The monoisotopic (exact) mass is 306 g/mol. The number of unbranched alkanes of at least 4 members (excludes halogenated alkanes) is 6. The third-order valence-corrected chi connectivity index (χ3v) is 4.62. The Hall–Kier alpha value is -1.12. The number of rotatable bonds is 12. The molecule has 0 spiro atoms. The molecule has 0 fully saturated rings. The molecule has 1 rings (SSSR count). The van der Waals surface area contributed by atoms with Crippen LogP contribution in [0.5, 0.6) is 5.88 Å². The molecule has 0 saturated carbocycles. The zero-order chi connectivity index (χ0) is 16.3. The van der Waals surface area contributed by atoms with E-state index in [2.05, 4.69) is 30.7 Å². The highest BCUT2D eigenvalue weighted by Crippen LogP contribution is 2.34. The van der Waals surface area contributed by atoms with Crippen LogP contribution in [0.1, 0.15) is 90.7 Å². The Labute approximate surface area is 136 Å². The van der Waals surface area contributed by atoms with Gasteiger partial charge in [-0.2, -0.15) is 0 Å². The molecule has 1 heterocycles. The van der Waals surface area contributed by atoms with Gasteiger partial charge in [0.2, 0.25) is 5.88 Å². The lowest BCUT2D eigenvalue weighted by Crippen LogP contribution is -2.24. The molecule has 0 amide bonds. The Morgan fingerprint density at radius 1 is 0.864 bits per heavy atom. The topological polar surface area (TPSA) is 35.0 Å². The standard InChI is InChI=1S/C19H34N2O/c1-5-7-9-10-12-14-19(3,13-11-8-6-2)17-15-21-18(22-4)16-20-17/h15-16H,5-14H2,1-4H3. The summed E-state index contributed by atoms with van der Waals surface area (Å²) < 4.78 is 5.13. The minimum absolute atomic E-state index is 0.153. The maximum atomic E-state index is 5.13. The predicted molar refractivity (Wildman–Crippen MR) is 93.5 cm³/mol. The molecule has 0 aliphatic carbocycles. The van der Waals surface area contributed by atoms with Crippen LogP contribution in [0.15, 0.2) is 12.4 Å². The van der Waals surface area contributed by atoms with Gasteiger partial charge in [-0.3, -0.25) is 4.98 Å². The zero-order valence-corrected chi connectivity index (χ0v) is 15.0. The summed E-state index contributed by atoms with van der Waals surface area (Å²) in [4.78, 5) is 8.99. The first-order valence-corrected chi connectivity index (χ1v) is 9.02. The van der Waals surface area contributed by atoms with E-state index >= 15 is 0 Å². The van der Waals surface area contributed by atoms with E-state index in [4.69, 9.17) is 4.74 Å². The van der Waals surface area contributed by atoms with Crippen molar-refractivity contribution < 1.29 is 4.74 Å². The summed E-state index contributed by atoms with van der Waals surface area (Å²) >= 11 is 0. The Bertz CT molecular complexity index is 391. The largest absolute Gasteiger partial charge is 0.480 e. The molecule has 1 aromatic rings. The Balaban J connectivity index is 2.66. The zero-order valence-electron chi connectivity index (χ0n) is 15.0. The van der Waals surface area contributed by atoms with Crippen LogP contribution >= 0.6 is 0 Å². The van der Waals surface area contributed by atoms with Crippen LogP contribution in [-0.2, 0) is 5.41 Å². The van der Waals surface area contributed by atoms with Crippen molar-refractivity contribution in [3.63, 3.8) is 0 Å². The lowest BCUT2D eigenvalue weighted by molar-refractivity contribution is 0.350. The van der Waals surface area contributed by atoms with Crippen LogP contribution in [0.25, 0.3) is 0 Å². The van der Waals surface area contributed by atoms with Gasteiger partial charge in [0.05, 0.1) is 25.2 Å². The van der Waals surface area contributed by atoms with Gasteiger partial charge in [0.1, 0.15) is 0 Å². The molecule has 0 saturated heterocycles. The average Bonchev–Trinajstić information content (AvgIpc) is 2.55. The molecule has 126 valence electrons. The van der Waals surface area contributed by atoms with E-state index in [9.17, 15) is 0 Å². The number of ether oxygens (including phenoxy) is 1. The Morgan fingerprint density at radius 2 is 1.45 bits per heavy atom. The average molecular weight is 306 g/mol. The summed E-state index contributed by atoms with van der Waals surface area (Å²) in [6, 6.07) is 0. The van der Waals surface area contributed by atoms with Crippen LogP contribution in [0, 0.1) is 0 Å². The molecule has 22 heavy (non-hydrogen) atoms. The van der Waals surface area contributed by atoms with Gasteiger partial charge in [-0.15, -0.1) is 0 Å². The number of hydrogen-bond donors (Lipinski definition) is 0. The summed E-state index contributed by atoms with van der Waals surface area (Å²) in [6.45, 7) is 6.88. The molecule has 1 aromatic heterocycles. The SMILES string of the molecule is CCCCCCCC(C)(CCCCC)c1cnc(OC)cn1. The van der Waals surface area contributed by atoms with Crippen molar-refractivity contribution in [1.82, 2.24) is 9.97 Å². The molecular weight excluding hydrogens is 272 g/mol. The number of aromatic nitrogens is 2. The number of hydrogen-bond acceptors (Lipinski definition) is 3. The molecule has 3 nitrogen and oxygen atoms in total. The molecule has 1 atom stereocenters. The first kappa shape index (κ1) is 18.9. The van der Waals surface area contributed by atoms with E-state index in [0.29, 0.717) is 5.88 Å². The van der Waals surface area contributed by atoms with E-state index in [-0.39, 0.29) is 5.41 Å². The molecular formula is C19H34N2O. The van der Waals surface area contributed by atoms with Gasteiger partial charge in [0, 0.05) is 5.41 Å². The van der Waals surface area contributed by atoms with Crippen molar-refractivity contribution in [2.24, 2.45) is 0 Å². The molecule has 0 aromatic carbocycles. The van der Waals surface area contributed by atoms with Gasteiger partial charge in [0.15, 0.2) is 0 Å². The van der Waals surface area contributed by atoms with E-state index in [1.807, 2.05) is 6.20 Å². The third kappa shape index (κ3) is 6.33. The highest BCUT2D eigenvalue weighted by atomic mass is 16.5. The fourth-order valence-electron chi connectivity index (χ4n) is 3.00. The quantitative estimate of drug-likeness (QED) is 0.466. The molecule has 3 heteroatoms. The fraction of sp³-hybridized carbons (Fsp3) is 0.789. The first-order valence-electron chi connectivity index (χ1n) is 9.02.